The predicted octanol–water partition coefficient (Wildman–Crippen LogP) is 0.973. The first-order chi connectivity index (χ1) is 6.27. The molecule has 0 amide bonds. The van der Waals surface area contributed by atoms with Crippen LogP contribution >= 0.6 is 0 Å². The normalized spacial score (nSPS) is 10.6. The molecule has 2 aromatic rings. The van der Waals surface area contributed by atoms with Crippen molar-refractivity contribution in [1.82, 2.24) is 19.3 Å². The number of nitrogens with zero attached hydrogens (tertiary/aromatic N) is 4. The summed E-state index contributed by atoms with van der Waals surface area (Å²) < 4.78 is 3.97. The molecule has 4 nitrogen and oxygen atoms in total. The average molecular weight is 176 g/mol. The number of imidazole rings is 1. The Hall–Kier alpha value is -1.58. The second-order valence-electron chi connectivity index (χ2n) is 3.05. The monoisotopic (exact) mass is 176 g/mol. The zero-order valence-corrected chi connectivity index (χ0v) is 7.81. The van der Waals surface area contributed by atoms with Gasteiger partial charge < -0.3 is 4.57 Å². The molecule has 0 fully saturated rings. The van der Waals surface area contributed by atoms with E-state index in [9.17, 15) is 0 Å². The summed E-state index contributed by atoms with van der Waals surface area (Å²) in [4.78, 5) is 4.16. The molecule has 13 heavy (non-hydrogen) atoms. The van der Waals surface area contributed by atoms with E-state index in [2.05, 4.69) is 14.6 Å². The Balaban J connectivity index is 2.24. The van der Waals surface area contributed by atoms with E-state index in [4.69, 9.17) is 0 Å². The fourth-order valence-corrected chi connectivity index (χ4v) is 1.30. The molecule has 0 spiro atoms. The van der Waals surface area contributed by atoms with Crippen molar-refractivity contribution < 1.29 is 0 Å². The maximum atomic E-state index is 4.16. The van der Waals surface area contributed by atoms with Gasteiger partial charge in [-0.05, 0) is 13.0 Å². The molecule has 0 aliphatic rings. The van der Waals surface area contributed by atoms with Crippen LogP contribution in [0.15, 0.2) is 24.7 Å². The molecular weight excluding hydrogens is 164 g/mol. The highest BCUT2D eigenvalue weighted by Gasteiger charge is 2.01. The van der Waals surface area contributed by atoms with E-state index < -0.39 is 0 Å². The molecule has 0 bridgehead atoms. The lowest BCUT2D eigenvalue weighted by Crippen LogP contribution is -2.05. The van der Waals surface area contributed by atoms with Crippen molar-refractivity contribution in [2.45, 2.75) is 13.5 Å². The van der Waals surface area contributed by atoms with Crippen LogP contribution in [0.5, 0.6) is 0 Å². The van der Waals surface area contributed by atoms with Gasteiger partial charge in [-0.15, -0.1) is 0 Å². The minimum Gasteiger partial charge on any atom is -0.329 e. The van der Waals surface area contributed by atoms with Gasteiger partial charge in [0.15, 0.2) is 0 Å². The highest BCUT2D eigenvalue weighted by atomic mass is 15.3. The summed E-state index contributed by atoms with van der Waals surface area (Å²) in [7, 11) is 1.95. The quantitative estimate of drug-likeness (QED) is 0.683. The highest BCUT2D eigenvalue weighted by molar-refractivity contribution is 5.03. The predicted molar refractivity (Wildman–Crippen MR) is 49.3 cm³/mol. The average Bonchev–Trinajstić information content (AvgIpc) is 2.65. The summed E-state index contributed by atoms with van der Waals surface area (Å²) in [5.41, 5.74) is 1.18. The summed E-state index contributed by atoms with van der Waals surface area (Å²) in [5.74, 6) is 1.03. The SMILES string of the molecule is Cc1nccn1Cc1ccnn1C. The van der Waals surface area contributed by atoms with Crippen molar-refractivity contribution in [3.05, 3.63) is 36.2 Å². The topological polar surface area (TPSA) is 35.6 Å². The fourth-order valence-electron chi connectivity index (χ4n) is 1.30. The molecule has 0 atom stereocenters. The first-order valence-electron chi connectivity index (χ1n) is 4.22. The maximum Gasteiger partial charge on any atom is 0.105 e. The van der Waals surface area contributed by atoms with Crippen molar-refractivity contribution in [3.63, 3.8) is 0 Å². The Bertz CT molecular complexity index is 361. The van der Waals surface area contributed by atoms with Gasteiger partial charge in [0.25, 0.3) is 0 Å². The molecule has 0 saturated heterocycles. The van der Waals surface area contributed by atoms with Gasteiger partial charge in [-0.3, -0.25) is 4.68 Å². The van der Waals surface area contributed by atoms with Crippen LogP contribution < -0.4 is 0 Å². The lowest BCUT2D eigenvalue weighted by molar-refractivity contribution is 0.656. The molecule has 0 aromatic carbocycles. The fraction of sp³-hybridized carbons (Fsp3) is 0.333. The van der Waals surface area contributed by atoms with Crippen LogP contribution in [-0.4, -0.2) is 19.3 Å². The molecule has 68 valence electrons. The van der Waals surface area contributed by atoms with Gasteiger partial charge in [-0.2, -0.15) is 5.10 Å². The van der Waals surface area contributed by atoms with Crippen LogP contribution in [0.1, 0.15) is 11.5 Å². The molecule has 0 N–H and O–H groups in total. The molecule has 0 saturated carbocycles. The third-order valence-corrected chi connectivity index (χ3v) is 2.18. The summed E-state index contributed by atoms with van der Waals surface area (Å²) in [6, 6.07) is 2.01. The standard InChI is InChI=1S/C9H12N4/c1-8-10-5-6-13(8)7-9-3-4-11-12(9)2/h3-6H,7H2,1-2H3. The van der Waals surface area contributed by atoms with Gasteiger partial charge in [0.05, 0.1) is 12.2 Å². The van der Waals surface area contributed by atoms with E-state index in [0.29, 0.717) is 0 Å². The van der Waals surface area contributed by atoms with Crippen molar-refractivity contribution in [3.8, 4) is 0 Å². The van der Waals surface area contributed by atoms with Crippen molar-refractivity contribution in [2.24, 2.45) is 7.05 Å². The molecule has 2 heterocycles. The molecule has 0 unspecified atom stereocenters. The molecule has 2 aromatic heterocycles. The van der Waals surface area contributed by atoms with E-state index >= 15 is 0 Å². The van der Waals surface area contributed by atoms with Gasteiger partial charge in [-0.25, -0.2) is 4.98 Å². The van der Waals surface area contributed by atoms with Crippen molar-refractivity contribution in [1.29, 1.82) is 0 Å². The second-order valence-corrected chi connectivity index (χ2v) is 3.05. The van der Waals surface area contributed by atoms with Gasteiger partial charge in [-0.1, -0.05) is 0 Å². The van der Waals surface area contributed by atoms with Crippen LogP contribution in [-0.2, 0) is 13.6 Å². The Labute approximate surface area is 76.8 Å². The Kier molecular flexibility index (Phi) is 1.88. The third-order valence-electron chi connectivity index (χ3n) is 2.18. The minimum atomic E-state index is 0.836. The van der Waals surface area contributed by atoms with Crippen molar-refractivity contribution >= 4 is 0 Å². The summed E-state index contributed by atoms with van der Waals surface area (Å²) in [6.45, 7) is 2.83. The second kappa shape index (κ2) is 3.05. The van der Waals surface area contributed by atoms with Crippen LogP contribution in [0.25, 0.3) is 0 Å². The molecular formula is C9H12N4. The summed E-state index contributed by atoms with van der Waals surface area (Å²) >= 11 is 0. The first kappa shape index (κ1) is 8.04. The molecule has 4 heteroatoms. The Morgan fingerprint density at radius 3 is 2.77 bits per heavy atom. The molecule has 0 aliphatic heterocycles. The van der Waals surface area contributed by atoms with E-state index in [1.54, 1.807) is 0 Å². The van der Waals surface area contributed by atoms with Crippen LogP contribution in [0.4, 0.5) is 0 Å². The summed E-state index contributed by atoms with van der Waals surface area (Å²) in [6.07, 6.45) is 5.59. The van der Waals surface area contributed by atoms with E-state index in [-0.39, 0.29) is 0 Å². The first-order valence-corrected chi connectivity index (χ1v) is 4.22. The number of rotatable bonds is 2. The van der Waals surface area contributed by atoms with Crippen molar-refractivity contribution in [2.75, 3.05) is 0 Å². The van der Waals surface area contributed by atoms with Gasteiger partial charge in [0.2, 0.25) is 0 Å². The smallest absolute Gasteiger partial charge is 0.105 e. The third kappa shape index (κ3) is 1.47. The lowest BCUT2D eigenvalue weighted by Gasteiger charge is -2.04. The number of aryl methyl sites for hydroxylation is 2. The minimum absolute atomic E-state index is 0.836. The highest BCUT2D eigenvalue weighted by Crippen LogP contribution is 2.02. The van der Waals surface area contributed by atoms with Gasteiger partial charge in [0.1, 0.15) is 5.82 Å². The zero-order chi connectivity index (χ0) is 9.26. The van der Waals surface area contributed by atoms with Gasteiger partial charge in [0, 0.05) is 25.6 Å². The largest absolute Gasteiger partial charge is 0.329 e. The van der Waals surface area contributed by atoms with E-state index in [0.717, 1.165) is 12.4 Å². The van der Waals surface area contributed by atoms with Crippen LogP contribution in [0.2, 0.25) is 0 Å². The molecule has 2 rings (SSSR count). The summed E-state index contributed by atoms with van der Waals surface area (Å²) in [5, 5.41) is 4.11. The zero-order valence-electron chi connectivity index (χ0n) is 7.81. The van der Waals surface area contributed by atoms with E-state index in [1.807, 2.05) is 43.3 Å². The van der Waals surface area contributed by atoms with Crippen LogP contribution in [0, 0.1) is 6.92 Å². The maximum absolute atomic E-state index is 4.16. The van der Waals surface area contributed by atoms with Gasteiger partial charge >= 0.3 is 0 Å². The number of hydrogen-bond acceptors (Lipinski definition) is 2. The molecule has 0 aliphatic carbocycles. The number of aromatic nitrogens is 4. The molecule has 0 radical (unpaired) electrons. The van der Waals surface area contributed by atoms with Crippen LogP contribution in [0.3, 0.4) is 0 Å². The number of hydrogen-bond donors (Lipinski definition) is 0. The van der Waals surface area contributed by atoms with E-state index in [1.165, 1.54) is 5.69 Å². The Morgan fingerprint density at radius 2 is 2.23 bits per heavy atom. The Morgan fingerprint density at radius 1 is 1.38 bits per heavy atom. The lowest BCUT2D eigenvalue weighted by atomic mass is 10.4.